The number of hydroxylamine groups is 1. The highest BCUT2D eigenvalue weighted by atomic mass is 16.7. The highest BCUT2D eigenvalue weighted by Crippen LogP contribution is 2.06. The Kier molecular flexibility index (Phi) is 7.84. The van der Waals surface area contributed by atoms with Crippen molar-refractivity contribution < 1.29 is 14.4 Å². The number of carbonyl (C=O) groups is 1. The van der Waals surface area contributed by atoms with E-state index in [9.17, 15) is 4.79 Å². The Balaban J connectivity index is 2.02. The fraction of sp³-hybridized carbons (Fsp3) is 0.625. The third-order valence-electron chi connectivity index (χ3n) is 2.79. The molecule has 22 heavy (non-hydrogen) atoms. The minimum absolute atomic E-state index is 0.475. The van der Waals surface area contributed by atoms with Crippen molar-refractivity contribution in [3.63, 3.8) is 0 Å². The van der Waals surface area contributed by atoms with Gasteiger partial charge in [-0.25, -0.2) is 4.79 Å². The minimum atomic E-state index is -0.553. The molecular weight excluding hydrogens is 282 g/mol. The Labute approximate surface area is 132 Å². The van der Waals surface area contributed by atoms with Crippen LogP contribution in [0.25, 0.3) is 0 Å². The zero-order chi connectivity index (χ0) is 16.4. The summed E-state index contributed by atoms with van der Waals surface area (Å²) in [6, 6.07) is 4.04. The molecule has 6 nitrogen and oxygen atoms in total. The standard InChI is InChI=1S/C16H27N3O3/c1-16(2,3)22-15(20)18-21-12-6-5-11-19(4)13-14-7-9-17-10-8-14/h7-10H,5-6,11-13H2,1-4H3,(H,18,20). The molecule has 1 aromatic heterocycles. The normalized spacial score (nSPS) is 11.5. The summed E-state index contributed by atoms with van der Waals surface area (Å²) in [5.41, 5.74) is 3.02. The highest BCUT2D eigenvalue weighted by molar-refractivity contribution is 5.66. The van der Waals surface area contributed by atoms with Gasteiger partial charge in [0.1, 0.15) is 5.60 Å². The van der Waals surface area contributed by atoms with E-state index in [2.05, 4.69) is 22.4 Å². The Hall–Kier alpha value is -1.66. The molecule has 0 unspecified atom stereocenters. The van der Waals surface area contributed by atoms with Gasteiger partial charge in [0.15, 0.2) is 0 Å². The van der Waals surface area contributed by atoms with Gasteiger partial charge < -0.3 is 9.64 Å². The number of pyridine rings is 1. The molecule has 0 aliphatic carbocycles. The van der Waals surface area contributed by atoms with Crippen LogP contribution in [0.2, 0.25) is 0 Å². The number of amides is 1. The van der Waals surface area contributed by atoms with E-state index in [0.717, 1.165) is 25.9 Å². The summed E-state index contributed by atoms with van der Waals surface area (Å²) < 4.78 is 5.06. The zero-order valence-corrected chi connectivity index (χ0v) is 14.0. The molecule has 1 rings (SSSR count). The number of ether oxygens (including phenoxy) is 1. The lowest BCUT2D eigenvalue weighted by atomic mass is 10.2. The fourth-order valence-corrected chi connectivity index (χ4v) is 1.84. The molecule has 0 bridgehead atoms. The molecule has 1 aromatic rings. The fourth-order valence-electron chi connectivity index (χ4n) is 1.84. The third kappa shape index (κ3) is 9.31. The number of hydrogen-bond donors (Lipinski definition) is 1. The van der Waals surface area contributed by atoms with Crippen molar-refractivity contribution in [2.24, 2.45) is 0 Å². The summed E-state index contributed by atoms with van der Waals surface area (Å²) in [4.78, 5) is 22.7. The van der Waals surface area contributed by atoms with Crippen LogP contribution in [-0.2, 0) is 16.1 Å². The summed E-state index contributed by atoms with van der Waals surface area (Å²) in [5, 5.41) is 0. The number of nitrogens with zero attached hydrogens (tertiary/aromatic N) is 2. The molecule has 1 N–H and O–H groups in total. The third-order valence-corrected chi connectivity index (χ3v) is 2.79. The molecule has 124 valence electrons. The Morgan fingerprint density at radius 3 is 2.59 bits per heavy atom. The Morgan fingerprint density at radius 2 is 1.95 bits per heavy atom. The van der Waals surface area contributed by atoms with Gasteiger partial charge in [0, 0.05) is 18.9 Å². The molecule has 0 aliphatic rings. The predicted molar refractivity (Wildman–Crippen MR) is 85.1 cm³/mol. The number of hydrogen-bond acceptors (Lipinski definition) is 5. The van der Waals surface area contributed by atoms with Crippen molar-refractivity contribution in [1.82, 2.24) is 15.4 Å². The van der Waals surface area contributed by atoms with E-state index < -0.39 is 11.7 Å². The second-order valence-electron chi connectivity index (χ2n) is 6.25. The maximum Gasteiger partial charge on any atom is 0.431 e. The van der Waals surface area contributed by atoms with E-state index >= 15 is 0 Å². The van der Waals surface area contributed by atoms with Crippen LogP contribution < -0.4 is 5.48 Å². The molecule has 1 heterocycles. The quantitative estimate of drug-likeness (QED) is 0.591. The van der Waals surface area contributed by atoms with Gasteiger partial charge in [-0.15, -0.1) is 0 Å². The predicted octanol–water partition coefficient (Wildman–Crippen LogP) is 2.75. The molecule has 0 saturated heterocycles. The van der Waals surface area contributed by atoms with Crippen LogP contribution in [0.1, 0.15) is 39.2 Å². The summed E-state index contributed by atoms with van der Waals surface area (Å²) in [5.74, 6) is 0. The van der Waals surface area contributed by atoms with Gasteiger partial charge in [-0.3, -0.25) is 9.82 Å². The van der Waals surface area contributed by atoms with Crippen LogP contribution >= 0.6 is 0 Å². The molecule has 0 aliphatic heterocycles. The average molecular weight is 309 g/mol. The first kappa shape index (κ1) is 18.4. The molecule has 0 fully saturated rings. The molecule has 0 saturated carbocycles. The Morgan fingerprint density at radius 1 is 1.27 bits per heavy atom. The van der Waals surface area contributed by atoms with Crippen LogP contribution in [0.5, 0.6) is 0 Å². The van der Waals surface area contributed by atoms with E-state index in [0.29, 0.717) is 6.61 Å². The van der Waals surface area contributed by atoms with Gasteiger partial charge in [0.25, 0.3) is 0 Å². The molecule has 0 spiro atoms. The zero-order valence-electron chi connectivity index (χ0n) is 14.0. The van der Waals surface area contributed by atoms with E-state index in [-0.39, 0.29) is 0 Å². The lowest BCUT2D eigenvalue weighted by molar-refractivity contribution is -0.00881. The van der Waals surface area contributed by atoms with Crippen molar-refractivity contribution in [3.05, 3.63) is 30.1 Å². The van der Waals surface area contributed by atoms with Gasteiger partial charge in [0.05, 0.1) is 6.61 Å². The first-order valence-corrected chi connectivity index (χ1v) is 7.55. The first-order chi connectivity index (χ1) is 10.4. The number of aromatic nitrogens is 1. The highest BCUT2D eigenvalue weighted by Gasteiger charge is 2.15. The van der Waals surface area contributed by atoms with Gasteiger partial charge >= 0.3 is 6.09 Å². The number of nitrogens with one attached hydrogen (secondary N) is 1. The van der Waals surface area contributed by atoms with Crippen LogP contribution in [0.3, 0.4) is 0 Å². The second kappa shape index (κ2) is 9.38. The SMILES string of the molecule is CN(CCCCONC(=O)OC(C)(C)C)Cc1ccncc1. The van der Waals surface area contributed by atoms with Crippen LogP contribution in [0, 0.1) is 0 Å². The maximum atomic E-state index is 11.3. The van der Waals surface area contributed by atoms with Crippen molar-refractivity contribution in [1.29, 1.82) is 0 Å². The molecule has 0 aromatic carbocycles. The van der Waals surface area contributed by atoms with Gasteiger partial charge in [-0.1, -0.05) is 0 Å². The average Bonchev–Trinajstić information content (AvgIpc) is 2.42. The van der Waals surface area contributed by atoms with E-state index in [1.807, 2.05) is 32.9 Å². The molecule has 1 amide bonds. The summed E-state index contributed by atoms with van der Waals surface area (Å²) in [6.07, 6.45) is 4.93. The first-order valence-electron chi connectivity index (χ1n) is 7.55. The van der Waals surface area contributed by atoms with Gasteiger partial charge in [0.2, 0.25) is 0 Å². The van der Waals surface area contributed by atoms with E-state index in [1.54, 1.807) is 12.4 Å². The minimum Gasteiger partial charge on any atom is -0.442 e. The maximum absolute atomic E-state index is 11.3. The van der Waals surface area contributed by atoms with E-state index in [1.165, 1.54) is 5.56 Å². The van der Waals surface area contributed by atoms with Crippen LogP contribution in [0.15, 0.2) is 24.5 Å². The number of carbonyl (C=O) groups excluding carboxylic acids is 1. The largest absolute Gasteiger partial charge is 0.442 e. The lowest BCUT2D eigenvalue weighted by Crippen LogP contribution is -2.32. The van der Waals surface area contributed by atoms with Crippen molar-refractivity contribution in [2.45, 2.75) is 45.8 Å². The van der Waals surface area contributed by atoms with Crippen LogP contribution in [0.4, 0.5) is 4.79 Å². The number of unbranched alkanes of at least 4 members (excludes halogenated alkanes) is 1. The summed E-state index contributed by atoms with van der Waals surface area (Å²) >= 11 is 0. The second-order valence-corrected chi connectivity index (χ2v) is 6.25. The smallest absolute Gasteiger partial charge is 0.431 e. The summed E-state index contributed by atoms with van der Waals surface area (Å²) in [7, 11) is 2.08. The van der Waals surface area contributed by atoms with Crippen molar-refractivity contribution >= 4 is 6.09 Å². The monoisotopic (exact) mass is 309 g/mol. The van der Waals surface area contributed by atoms with E-state index in [4.69, 9.17) is 9.57 Å². The van der Waals surface area contributed by atoms with Crippen LogP contribution in [-0.4, -0.2) is 41.8 Å². The topological polar surface area (TPSA) is 63.7 Å². The number of rotatable bonds is 8. The van der Waals surface area contributed by atoms with Gasteiger partial charge in [-0.05, 0) is 64.9 Å². The Bertz CT molecular complexity index is 432. The molecule has 0 radical (unpaired) electrons. The van der Waals surface area contributed by atoms with Crippen molar-refractivity contribution in [3.8, 4) is 0 Å². The summed E-state index contributed by atoms with van der Waals surface area (Å²) in [6.45, 7) is 7.78. The molecular formula is C16H27N3O3. The molecule has 6 heteroatoms. The molecule has 0 atom stereocenters. The lowest BCUT2D eigenvalue weighted by Gasteiger charge is -2.19. The van der Waals surface area contributed by atoms with Gasteiger partial charge in [-0.2, -0.15) is 5.48 Å². The van der Waals surface area contributed by atoms with Crippen molar-refractivity contribution in [2.75, 3.05) is 20.2 Å².